The summed E-state index contributed by atoms with van der Waals surface area (Å²) in [6.45, 7) is 5.19. The summed E-state index contributed by atoms with van der Waals surface area (Å²) in [5, 5.41) is 14.1. The number of rotatable bonds is 5. The van der Waals surface area contributed by atoms with Crippen LogP contribution in [-0.4, -0.2) is 25.5 Å². The van der Waals surface area contributed by atoms with Crippen LogP contribution in [-0.2, 0) is 14.8 Å². The van der Waals surface area contributed by atoms with Crippen molar-refractivity contribution < 1.29 is 18.3 Å². The molecule has 11 heteroatoms. The van der Waals surface area contributed by atoms with E-state index in [-0.39, 0.29) is 16.4 Å². The molecule has 6 nitrogen and oxygen atoms in total. The molecule has 0 aromatic heterocycles. The molecule has 0 saturated heterocycles. The van der Waals surface area contributed by atoms with Gasteiger partial charge in [0.2, 0.25) is 5.78 Å². The number of hydrogen-bond donors (Lipinski definition) is 2. The van der Waals surface area contributed by atoms with E-state index >= 15 is 0 Å². The van der Waals surface area contributed by atoms with Gasteiger partial charge in [-0.15, -0.1) is 0 Å². The molecule has 0 spiro atoms. The van der Waals surface area contributed by atoms with Gasteiger partial charge in [-0.25, -0.2) is 4.83 Å². The quantitative estimate of drug-likeness (QED) is 0.260. The topological polar surface area (TPSA) is 95.8 Å². The number of benzene rings is 2. The Morgan fingerprint density at radius 2 is 1.74 bits per heavy atom. The number of allylic oxidation sites excluding steroid dienone is 5. The fourth-order valence-electron chi connectivity index (χ4n) is 3.43. The number of nitrogens with one attached hydrogen (secondary N) is 1. The fourth-order valence-corrected chi connectivity index (χ4v) is 6.73. The molecular weight excluding hydrogens is 720 g/mol. The van der Waals surface area contributed by atoms with E-state index in [4.69, 9.17) is 0 Å². The predicted molar refractivity (Wildman–Crippen MR) is 149 cm³/mol. The molecule has 34 heavy (non-hydrogen) atoms. The van der Waals surface area contributed by atoms with Gasteiger partial charge in [0.15, 0.2) is 0 Å². The number of Topliss-reactive ketones (excluding diaryl/α,β-unsaturated/α-hetero) is 1. The van der Waals surface area contributed by atoms with Crippen molar-refractivity contribution in [3.05, 3.63) is 82.2 Å². The summed E-state index contributed by atoms with van der Waals surface area (Å²) in [5.41, 5.74) is 3.55. The third-order valence-electron chi connectivity index (χ3n) is 5.15. The number of carbonyl (C=O) groups excluding carboxylic acids is 1. The van der Waals surface area contributed by atoms with Gasteiger partial charge in [-0.1, -0.05) is 18.2 Å². The lowest BCUT2D eigenvalue weighted by molar-refractivity contribution is -0.111. The summed E-state index contributed by atoms with van der Waals surface area (Å²) in [6.07, 6.45) is 3.02. The van der Waals surface area contributed by atoms with E-state index in [2.05, 4.69) is 73.7 Å². The molecular formula is C23H18Br4N2O4S. The first kappa shape index (κ1) is 27.1. The number of phenols is 1. The van der Waals surface area contributed by atoms with Crippen LogP contribution >= 0.6 is 63.7 Å². The van der Waals surface area contributed by atoms with Gasteiger partial charge in [-0.3, -0.25) is 4.79 Å². The Bertz CT molecular complexity index is 1440. The molecule has 2 N–H and O–H groups in total. The van der Waals surface area contributed by atoms with Gasteiger partial charge in [-0.2, -0.15) is 13.5 Å². The average molecular weight is 738 g/mol. The summed E-state index contributed by atoms with van der Waals surface area (Å²) in [6, 6.07) is 8.27. The second-order valence-electron chi connectivity index (χ2n) is 7.22. The number of sulfonamides is 1. The van der Waals surface area contributed by atoms with E-state index in [1.54, 1.807) is 44.2 Å². The zero-order valence-electron chi connectivity index (χ0n) is 18.1. The molecule has 0 unspecified atom stereocenters. The number of carbonyl (C=O) groups is 1. The Kier molecular flexibility index (Phi) is 8.45. The van der Waals surface area contributed by atoms with Crippen LogP contribution in [0.2, 0.25) is 0 Å². The molecule has 0 fully saturated rings. The molecule has 1 aliphatic carbocycles. The highest BCUT2D eigenvalue weighted by Gasteiger charge is 2.29. The maximum Gasteiger partial charge on any atom is 0.277 e. The number of nitrogens with zero attached hydrogens (tertiary/aromatic N) is 1. The van der Waals surface area contributed by atoms with Crippen LogP contribution < -0.4 is 4.83 Å². The van der Waals surface area contributed by atoms with Crippen LogP contribution in [0.1, 0.15) is 30.5 Å². The number of phenolic OH excluding ortho intramolecular Hbond substituents is 1. The number of hydrogen-bond acceptors (Lipinski definition) is 5. The van der Waals surface area contributed by atoms with Crippen molar-refractivity contribution in [3.63, 3.8) is 0 Å². The summed E-state index contributed by atoms with van der Waals surface area (Å²) >= 11 is 13.5. The third kappa shape index (κ3) is 5.04. The number of ketones is 1. The molecule has 0 radical (unpaired) electrons. The molecule has 0 saturated carbocycles. The first-order valence-electron chi connectivity index (χ1n) is 9.72. The summed E-state index contributed by atoms with van der Waals surface area (Å²) in [7, 11) is -4.02. The third-order valence-corrected chi connectivity index (χ3v) is 9.55. The lowest BCUT2D eigenvalue weighted by Crippen LogP contribution is -2.20. The molecule has 178 valence electrons. The van der Waals surface area contributed by atoms with Crippen LogP contribution in [0.3, 0.4) is 0 Å². The Hall–Kier alpha value is -1.53. The smallest absolute Gasteiger partial charge is 0.277 e. The van der Waals surface area contributed by atoms with Crippen molar-refractivity contribution in [2.45, 2.75) is 25.7 Å². The van der Waals surface area contributed by atoms with Crippen LogP contribution in [0.4, 0.5) is 0 Å². The van der Waals surface area contributed by atoms with Crippen LogP contribution in [0.5, 0.6) is 5.75 Å². The molecule has 2 aromatic rings. The van der Waals surface area contributed by atoms with Crippen molar-refractivity contribution in [3.8, 4) is 5.75 Å². The van der Waals surface area contributed by atoms with Crippen LogP contribution in [0.15, 0.2) is 75.5 Å². The number of aromatic hydroxyl groups is 1. The van der Waals surface area contributed by atoms with Crippen molar-refractivity contribution in [2.75, 3.05) is 0 Å². The van der Waals surface area contributed by atoms with Gasteiger partial charge in [0.25, 0.3) is 10.0 Å². The summed E-state index contributed by atoms with van der Waals surface area (Å²) < 4.78 is 27.9. The van der Waals surface area contributed by atoms with Gasteiger partial charge < -0.3 is 5.11 Å². The van der Waals surface area contributed by atoms with E-state index in [9.17, 15) is 18.3 Å². The lowest BCUT2D eigenvalue weighted by Gasteiger charge is -2.23. The Morgan fingerprint density at radius 3 is 2.38 bits per heavy atom. The van der Waals surface area contributed by atoms with Crippen molar-refractivity contribution in [2.24, 2.45) is 5.10 Å². The highest BCUT2D eigenvalue weighted by atomic mass is 79.9. The molecule has 3 rings (SSSR count). The minimum absolute atomic E-state index is 0.00756. The molecule has 2 aromatic carbocycles. The van der Waals surface area contributed by atoms with Gasteiger partial charge in [0, 0.05) is 11.8 Å². The van der Waals surface area contributed by atoms with Gasteiger partial charge in [0.1, 0.15) is 5.75 Å². The highest BCUT2D eigenvalue weighted by molar-refractivity contribution is 9.13. The second kappa shape index (κ2) is 10.6. The van der Waals surface area contributed by atoms with Crippen molar-refractivity contribution >= 4 is 91.3 Å². The maximum absolute atomic E-state index is 13.2. The molecule has 0 atom stereocenters. The molecule has 1 aliphatic rings. The summed E-state index contributed by atoms with van der Waals surface area (Å²) in [5.74, 6) is -0.195. The normalized spacial score (nSPS) is 16.2. The van der Waals surface area contributed by atoms with E-state index in [1.165, 1.54) is 12.3 Å². The number of hydrazone groups is 1. The number of halogens is 4. The molecule has 0 amide bonds. The standard InChI is InChI=1S/C23H18Br4N2O4S/c1-4-28-29-34(32,33)18-8-6-5-7-13(18)19(14-9-16(24)22(30)20(26)11(14)2)15-10-17(25)23(31)21(27)12(15)3/h4-10,29-30H,1-3H3/b19-15+,28-4-. The minimum Gasteiger partial charge on any atom is -0.506 e. The monoisotopic (exact) mass is 734 g/mol. The zero-order chi connectivity index (χ0) is 25.4. The van der Waals surface area contributed by atoms with Crippen molar-refractivity contribution in [1.29, 1.82) is 0 Å². The predicted octanol–water partition coefficient (Wildman–Crippen LogP) is 6.84. The lowest BCUT2D eigenvalue weighted by atomic mass is 9.85. The Morgan fingerprint density at radius 1 is 1.09 bits per heavy atom. The fraction of sp³-hybridized carbons (Fsp3) is 0.130. The Balaban J connectivity index is 2.54. The zero-order valence-corrected chi connectivity index (χ0v) is 25.2. The van der Waals surface area contributed by atoms with E-state index in [1.807, 2.05) is 6.92 Å². The first-order valence-corrected chi connectivity index (χ1v) is 14.4. The van der Waals surface area contributed by atoms with Gasteiger partial charge in [-0.05, 0) is 131 Å². The largest absolute Gasteiger partial charge is 0.506 e. The second-order valence-corrected chi connectivity index (χ2v) is 12.1. The minimum atomic E-state index is -4.02. The highest BCUT2D eigenvalue weighted by Crippen LogP contribution is 2.45. The van der Waals surface area contributed by atoms with E-state index in [0.717, 1.165) is 0 Å². The molecule has 0 bridgehead atoms. The van der Waals surface area contributed by atoms with Gasteiger partial charge in [0.05, 0.1) is 22.8 Å². The van der Waals surface area contributed by atoms with E-state index < -0.39 is 10.0 Å². The first-order chi connectivity index (χ1) is 15.9. The summed E-state index contributed by atoms with van der Waals surface area (Å²) in [4.78, 5) is 14.8. The average Bonchev–Trinajstić information content (AvgIpc) is 2.81. The molecule has 0 aliphatic heterocycles. The van der Waals surface area contributed by atoms with Crippen LogP contribution in [0, 0.1) is 6.92 Å². The van der Waals surface area contributed by atoms with Crippen LogP contribution in [0.25, 0.3) is 5.57 Å². The molecule has 0 heterocycles. The van der Waals surface area contributed by atoms with Crippen molar-refractivity contribution in [1.82, 2.24) is 4.83 Å². The Labute approximate surface area is 231 Å². The SMILES string of the molecule is C/C=N\NS(=O)(=O)c1ccccc1/C(=C1/C=C(Br)C(=O)C(Br)=C1C)c1cc(Br)c(O)c(Br)c1C. The maximum atomic E-state index is 13.2. The van der Waals surface area contributed by atoms with Gasteiger partial charge >= 0.3 is 0 Å². The van der Waals surface area contributed by atoms with E-state index in [0.29, 0.717) is 51.3 Å².